The van der Waals surface area contributed by atoms with E-state index in [9.17, 15) is 27.0 Å². The summed E-state index contributed by atoms with van der Waals surface area (Å²) in [7, 11) is -6.42. The quantitative estimate of drug-likeness (QED) is 0.212. The van der Waals surface area contributed by atoms with Gasteiger partial charge in [-0.15, -0.1) is 0 Å². The maximum absolute atomic E-state index is 11.7. The lowest BCUT2D eigenvalue weighted by atomic mass is 9.62. The van der Waals surface area contributed by atoms with E-state index in [1.807, 2.05) is 6.08 Å². The van der Waals surface area contributed by atoms with Crippen LogP contribution in [0.2, 0.25) is 0 Å². The van der Waals surface area contributed by atoms with Crippen molar-refractivity contribution in [1.29, 1.82) is 0 Å². The van der Waals surface area contributed by atoms with Crippen molar-refractivity contribution in [1.82, 2.24) is 0 Å². The summed E-state index contributed by atoms with van der Waals surface area (Å²) in [6.45, 7) is 19.3. The zero-order chi connectivity index (χ0) is 44.2. The number of hydrogen-bond donors (Lipinski definition) is 2. The third kappa shape index (κ3) is 11.5. The van der Waals surface area contributed by atoms with Crippen molar-refractivity contribution in [2.75, 3.05) is 12.5 Å². The summed E-state index contributed by atoms with van der Waals surface area (Å²) in [6, 6.07) is 0. The summed E-state index contributed by atoms with van der Waals surface area (Å²) in [5.41, 5.74) is 11.0. The minimum absolute atomic E-state index is 0.0552. The molecule has 0 aromatic rings. The molecule has 6 rings (SSSR count). The van der Waals surface area contributed by atoms with Gasteiger partial charge >= 0.3 is 0 Å². The van der Waals surface area contributed by atoms with Gasteiger partial charge in [-0.25, -0.2) is 16.8 Å². The van der Waals surface area contributed by atoms with Crippen LogP contribution in [0.5, 0.6) is 0 Å². The standard InChI is InChI=1S/C26H38O3S.C25H35ClO3S/c1-18-9-13-23(27)17-22(18)12-11-21-7-6-16-26(4)24(14-15-25(21)26)19(2)8-10-20(3)30(5,28)29;1-17-7-11-21(27)16-20(17)10-9-19-6-5-15-25(3)22(12-13-23(19)25)18(2)8-14-24(26)30(4,28)29/h10-12,14,19,23,25,27H,1,6-9,13,15-17H2,2-5H3;9-10,12,14,18,21,23,27H,1,5-8,11,13,15-16H2,2-4H3/b20-10+,21-11+,22-12-;19-9+,20-10-,24-14+/t19?,23?,25-,26+;18?,21?,23-,25+/m00/s1. The molecule has 0 heterocycles. The van der Waals surface area contributed by atoms with Crippen molar-refractivity contribution in [3.8, 4) is 0 Å². The minimum atomic E-state index is -3.33. The van der Waals surface area contributed by atoms with Crippen molar-refractivity contribution in [3.05, 3.63) is 116 Å². The average molecular weight is 882 g/mol. The van der Waals surface area contributed by atoms with E-state index in [1.54, 1.807) is 13.0 Å². The second kappa shape index (κ2) is 19.9. The van der Waals surface area contributed by atoms with E-state index in [2.05, 4.69) is 77.3 Å². The van der Waals surface area contributed by atoms with Crippen LogP contribution in [0.3, 0.4) is 0 Å². The highest BCUT2D eigenvalue weighted by atomic mass is 35.5. The van der Waals surface area contributed by atoms with Gasteiger partial charge in [-0.05, 0) is 155 Å². The summed E-state index contributed by atoms with van der Waals surface area (Å²) < 4.78 is 46.6. The minimum Gasteiger partial charge on any atom is -0.393 e. The zero-order valence-electron chi connectivity index (χ0n) is 37.5. The number of rotatable bonds is 10. The van der Waals surface area contributed by atoms with Crippen molar-refractivity contribution in [2.24, 2.45) is 34.5 Å². The number of halogens is 1. The first-order chi connectivity index (χ1) is 28.0. The molecule has 4 saturated carbocycles. The molecule has 6 aliphatic carbocycles. The Morgan fingerprint density at radius 2 is 1.15 bits per heavy atom. The number of fused-ring (bicyclic) bond motifs is 2. The second-order valence-corrected chi connectivity index (χ2v) is 24.2. The van der Waals surface area contributed by atoms with Gasteiger partial charge in [0.05, 0.1) is 12.2 Å². The summed E-state index contributed by atoms with van der Waals surface area (Å²) in [6.07, 6.45) is 34.7. The molecule has 4 unspecified atom stereocenters. The van der Waals surface area contributed by atoms with Crippen molar-refractivity contribution in [2.45, 2.75) is 150 Å². The van der Waals surface area contributed by atoms with Gasteiger partial charge in [0.15, 0.2) is 19.7 Å². The van der Waals surface area contributed by atoms with E-state index in [0.29, 0.717) is 35.5 Å². The number of sulfone groups is 2. The summed E-state index contributed by atoms with van der Waals surface area (Å²) in [5.74, 6) is 1.64. The summed E-state index contributed by atoms with van der Waals surface area (Å²) in [4.78, 5) is 0.473. The molecule has 0 aliphatic heterocycles. The maximum atomic E-state index is 11.7. The first-order valence-electron chi connectivity index (χ1n) is 22.4. The Labute approximate surface area is 368 Å². The van der Waals surface area contributed by atoms with Gasteiger partial charge in [0.25, 0.3) is 0 Å². The molecule has 6 nitrogen and oxygen atoms in total. The largest absolute Gasteiger partial charge is 0.393 e. The molecule has 6 aliphatic rings. The van der Waals surface area contributed by atoms with Gasteiger partial charge in [0.2, 0.25) is 0 Å². The molecule has 0 saturated heterocycles. The van der Waals surface area contributed by atoms with Crippen LogP contribution in [-0.2, 0) is 19.7 Å². The third-order valence-corrected chi connectivity index (χ3v) is 18.2. The van der Waals surface area contributed by atoms with Gasteiger partial charge in [-0.3, -0.25) is 0 Å². The van der Waals surface area contributed by atoms with Gasteiger partial charge in [0.1, 0.15) is 4.36 Å². The predicted molar refractivity (Wildman–Crippen MR) is 252 cm³/mol. The molecule has 0 aromatic carbocycles. The van der Waals surface area contributed by atoms with Crippen LogP contribution in [0.1, 0.15) is 137 Å². The molecule has 0 amide bonds. The van der Waals surface area contributed by atoms with E-state index in [4.69, 9.17) is 11.6 Å². The first kappa shape index (κ1) is 48.5. The zero-order valence-corrected chi connectivity index (χ0v) is 39.9. The average Bonchev–Trinajstić information content (AvgIpc) is 3.73. The van der Waals surface area contributed by atoms with Crippen LogP contribution in [0.25, 0.3) is 0 Å². The Balaban J connectivity index is 0.000000228. The Kier molecular flexibility index (Phi) is 16.1. The molecular formula is C51H73ClO6S2. The highest BCUT2D eigenvalue weighted by molar-refractivity contribution is 7.96. The molecule has 0 aromatic heterocycles. The normalized spacial score (nSPS) is 34.2. The molecule has 60 heavy (non-hydrogen) atoms. The van der Waals surface area contributed by atoms with Gasteiger partial charge in [-0.2, -0.15) is 0 Å². The molecule has 332 valence electrons. The summed E-state index contributed by atoms with van der Waals surface area (Å²) >= 11 is 5.95. The first-order valence-corrected chi connectivity index (χ1v) is 26.6. The Morgan fingerprint density at radius 1 is 0.733 bits per heavy atom. The molecule has 9 heteroatoms. The van der Waals surface area contributed by atoms with Crippen molar-refractivity contribution < 1.29 is 27.0 Å². The molecule has 2 N–H and O–H groups in total. The molecule has 0 spiro atoms. The smallest absolute Gasteiger partial charge is 0.185 e. The lowest BCUT2D eigenvalue weighted by molar-refractivity contribution is 0.158. The molecule has 0 radical (unpaired) electrons. The fourth-order valence-electron chi connectivity index (χ4n) is 11.2. The van der Waals surface area contributed by atoms with Crippen LogP contribution in [0.15, 0.2) is 116 Å². The highest BCUT2D eigenvalue weighted by Gasteiger charge is 2.47. The van der Waals surface area contributed by atoms with Crippen LogP contribution >= 0.6 is 11.6 Å². The lowest BCUT2D eigenvalue weighted by Crippen LogP contribution is -2.32. The summed E-state index contributed by atoms with van der Waals surface area (Å²) in [5, 5.41) is 20.0. The predicted octanol–water partition coefficient (Wildman–Crippen LogP) is 12.3. The molecular weight excluding hydrogens is 808 g/mol. The number of aliphatic hydroxyl groups is 2. The number of allylic oxidation sites excluding steroid dienone is 15. The van der Waals surface area contributed by atoms with Crippen LogP contribution in [-0.4, -0.2) is 51.8 Å². The van der Waals surface area contributed by atoms with Crippen LogP contribution in [0.4, 0.5) is 0 Å². The SMILES string of the molecule is C=C1CCC(O)C/C1=C/C=C1\CCC[C@]2(C)C(C(C)C/C=C(\C)S(C)(=O)=O)=CC[C@@H]12.C=C1CCC(O)C/C1=C/C=C1\CCC[C@]2(C)C(C(C)C/C=C(\Cl)S(C)(=O)=O)=CC[C@@H]12. The Hall–Kier alpha value is -2.49. The van der Waals surface area contributed by atoms with E-state index < -0.39 is 19.7 Å². The van der Waals surface area contributed by atoms with Crippen LogP contribution < -0.4 is 0 Å². The third-order valence-electron chi connectivity index (χ3n) is 15.0. The van der Waals surface area contributed by atoms with E-state index in [0.717, 1.165) is 88.9 Å². The van der Waals surface area contributed by atoms with Gasteiger partial charge in [0, 0.05) is 17.4 Å². The van der Waals surface area contributed by atoms with Gasteiger partial charge in [-0.1, -0.05) is 135 Å². The maximum Gasteiger partial charge on any atom is 0.185 e. The Morgan fingerprint density at radius 3 is 1.55 bits per heavy atom. The molecule has 0 bridgehead atoms. The number of aliphatic hydroxyl groups excluding tert-OH is 2. The fraction of sp³-hybridized carbons (Fsp3) is 0.608. The lowest BCUT2D eigenvalue weighted by Gasteiger charge is -2.42. The van der Waals surface area contributed by atoms with Crippen molar-refractivity contribution >= 4 is 31.3 Å². The fourth-order valence-corrected chi connectivity index (χ4v) is 12.1. The van der Waals surface area contributed by atoms with Crippen molar-refractivity contribution in [3.63, 3.8) is 0 Å². The number of hydrogen-bond acceptors (Lipinski definition) is 6. The highest BCUT2D eigenvalue weighted by Crippen LogP contribution is 2.58. The topological polar surface area (TPSA) is 109 Å². The van der Waals surface area contributed by atoms with E-state index >= 15 is 0 Å². The molecule has 4 fully saturated rings. The molecule has 8 atom stereocenters. The second-order valence-electron chi connectivity index (χ2n) is 19.4. The van der Waals surface area contributed by atoms with E-state index in [-0.39, 0.29) is 33.3 Å². The van der Waals surface area contributed by atoms with Gasteiger partial charge < -0.3 is 10.2 Å². The monoisotopic (exact) mass is 880 g/mol. The van der Waals surface area contributed by atoms with Crippen LogP contribution in [0, 0.1) is 34.5 Å². The van der Waals surface area contributed by atoms with E-state index in [1.165, 1.54) is 58.1 Å². The Bertz CT molecular complexity index is 1990.